The van der Waals surface area contributed by atoms with Crippen LogP contribution in [0, 0.1) is 11.8 Å². The van der Waals surface area contributed by atoms with Crippen molar-refractivity contribution >= 4 is 5.76 Å². The third-order valence-corrected chi connectivity index (χ3v) is 6.03. The van der Waals surface area contributed by atoms with Crippen LogP contribution in [0.1, 0.15) is 69.8 Å². The van der Waals surface area contributed by atoms with Gasteiger partial charge in [0.25, 0.3) is 0 Å². The molecule has 22 heavy (non-hydrogen) atoms. The molecule has 1 heteroatoms. The van der Waals surface area contributed by atoms with Crippen LogP contribution in [0.4, 0.5) is 0 Å². The fraction of sp³-hybridized carbons (Fsp3) is 0.619. The largest absolute Gasteiger partial charge is 0.490 e. The minimum atomic E-state index is 0.474. The third-order valence-electron chi connectivity index (χ3n) is 6.03. The molecule has 0 saturated heterocycles. The first-order chi connectivity index (χ1) is 10.9. The number of allylic oxidation sites excluding steroid dienone is 1. The maximum atomic E-state index is 6.66. The number of ether oxygens (including phenoxy) is 1. The van der Waals surface area contributed by atoms with Gasteiger partial charge in [-0.15, -0.1) is 0 Å². The van der Waals surface area contributed by atoms with E-state index in [1.807, 2.05) is 0 Å². The molecule has 3 atom stereocenters. The maximum Gasteiger partial charge on any atom is 0.126 e. The quantitative estimate of drug-likeness (QED) is 0.621. The Morgan fingerprint density at radius 2 is 1.55 bits per heavy atom. The van der Waals surface area contributed by atoms with Crippen LogP contribution in [-0.4, -0.2) is 6.10 Å². The second-order valence-electron chi connectivity index (χ2n) is 7.38. The van der Waals surface area contributed by atoms with E-state index in [2.05, 4.69) is 30.3 Å². The summed E-state index contributed by atoms with van der Waals surface area (Å²) < 4.78 is 6.66. The molecular formula is C21H28O. The Kier molecular flexibility index (Phi) is 4.23. The summed E-state index contributed by atoms with van der Waals surface area (Å²) in [4.78, 5) is 0. The molecule has 0 unspecified atom stereocenters. The van der Waals surface area contributed by atoms with Crippen molar-refractivity contribution in [3.8, 4) is 0 Å². The van der Waals surface area contributed by atoms with Crippen molar-refractivity contribution in [3.05, 3.63) is 41.5 Å². The first-order valence-electron chi connectivity index (χ1n) is 9.38. The third kappa shape index (κ3) is 2.71. The Bertz CT molecular complexity index is 530. The lowest BCUT2D eigenvalue weighted by Crippen LogP contribution is -2.38. The predicted molar refractivity (Wildman–Crippen MR) is 91.4 cm³/mol. The van der Waals surface area contributed by atoms with Crippen LogP contribution in [0.2, 0.25) is 0 Å². The van der Waals surface area contributed by atoms with Gasteiger partial charge in [0.2, 0.25) is 0 Å². The highest BCUT2D eigenvalue weighted by Crippen LogP contribution is 2.48. The lowest BCUT2D eigenvalue weighted by atomic mass is 9.68. The Labute approximate surface area is 134 Å². The number of benzene rings is 1. The van der Waals surface area contributed by atoms with Crippen LogP contribution in [0.15, 0.2) is 35.9 Å². The molecule has 1 aliphatic heterocycles. The molecule has 4 rings (SSSR count). The van der Waals surface area contributed by atoms with Crippen molar-refractivity contribution < 1.29 is 4.74 Å². The van der Waals surface area contributed by atoms with Gasteiger partial charge in [-0.05, 0) is 50.0 Å². The molecule has 0 N–H and O–H groups in total. The summed E-state index contributed by atoms with van der Waals surface area (Å²) in [6, 6.07) is 10.9. The average Bonchev–Trinajstić information content (AvgIpc) is 2.55. The summed E-state index contributed by atoms with van der Waals surface area (Å²) in [7, 11) is 0. The van der Waals surface area contributed by atoms with Gasteiger partial charge in [-0.1, -0.05) is 56.0 Å². The van der Waals surface area contributed by atoms with Gasteiger partial charge in [-0.2, -0.15) is 0 Å². The Hall–Kier alpha value is -1.24. The molecule has 2 fully saturated rings. The molecule has 1 aromatic carbocycles. The molecular weight excluding hydrogens is 268 g/mol. The molecule has 1 heterocycles. The van der Waals surface area contributed by atoms with E-state index in [-0.39, 0.29) is 0 Å². The van der Waals surface area contributed by atoms with Gasteiger partial charge in [0, 0.05) is 11.5 Å². The second-order valence-corrected chi connectivity index (χ2v) is 7.38. The normalized spacial score (nSPS) is 32.3. The van der Waals surface area contributed by atoms with Crippen LogP contribution in [-0.2, 0) is 4.74 Å². The van der Waals surface area contributed by atoms with E-state index < -0.39 is 0 Å². The van der Waals surface area contributed by atoms with Crippen LogP contribution in [0.5, 0.6) is 0 Å². The first-order valence-corrected chi connectivity index (χ1v) is 9.38. The molecule has 118 valence electrons. The Balaban J connectivity index is 1.72. The zero-order chi connectivity index (χ0) is 14.8. The van der Waals surface area contributed by atoms with E-state index in [4.69, 9.17) is 4.74 Å². The summed E-state index contributed by atoms with van der Waals surface area (Å²) in [5.74, 6) is 2.86. The van der Waals surface area contributed by atoms with Crippen molar-refractivity contribution in [3.63, 3.8) is 0 Å². The first kappa shape index (κ1) is 14.4. The number of hydrogen-bond acceptors (Lipinski definition) is 1. The van der Waals surface area contributed by atoms with E-state index in [0.717, 1.165) is 11.8 Å². The van der Waals surface area contributed by atoms with Crippen molar-refractivity contribution in [2.75, 3.05) is 0 Å². The summed E-state index contributed by atoms with van der Waals surface area (Å²) >= 11 is 0. The lowest BCUT2D eigenvalue weighted by Gasteiger charge is -2.44. The number of fused-ring (bicyclic) bond motifs is 3. The van der Waals surface area contributed by atoms with Crippen LogP contribution >= 0.6 is 0 Å². The van der Waals surface area contributed by atoms with Crippen LogP contribution in [0.3, 0.4) is 0 Å². The lowest BCUT2D eigenvalue weighted by molar-refractivity contribution is 0.0298. The van der Waals surface area contributed by atoms with E-state index >= 15 is 0 Å². The SMILES string of the molecule is c1ccc(C2=C3CCCC[C@@H]3[C@H]3CCCCCC[C@@H]3O2)cc1. The van der Waals surface area contributed by atoms with Crippen molar-refractivity contribution in [1.82, 2.24) is 0 Å². The number of rotatable bonds is 1. The van der Waals surface area contributed by atoms with Gasteiger partial charge >= 0.3 is 0 Å². The van der Waals surface area contributed by atoms with Crippen LogP contribution in [0.25, 0.3) is 5.76 Å². The zero-order valence-electron chi connectivity index (χ0n) is 13.6. The summed E-state index contributed by atoms with van der Waals surface area (Å²) in [5.41, 5.74) is 2.96. The molecule has 1 aromatic rings. The van der Waals surface area contributed by atoms with Crippen molar-refractivity contribution in [2.24, 2.45) is 11.8 Å². The van der Waals surface area contributed by atoms with Gasteiger partial charge in [0.05, 0.1) is 0 Å². The molecule has 0 aromatic heterocycles. The second kappa shape index (κ2) is 6.48. The summed E-state index contributed by atoms with van der Waals surface area (Å²) in [5, 5.41) is 0. The molecule has 0 bridgehead atoms. The zero-order valence-corrected chi connectivity index (χ0v) is 13.6. The van der Waals surface area contributed by atoms with Gasteiger partial charge in [0.1, 0.15) is 11.9 Å². The van der Waals surface area contributed by atoms with Crippen molar-refractivity contribution in [2.45, 2.75) is 70.3 Å². The van der Waals surface area contributed by atoms with Crippen LogP contribution < -0.4 is 0 Å². The minimum absolute atomic E-state index is 0.474. The molecule has 1 nitrogen and oxygen atoms in total. The molecule has 0 amide bonds. The van der Waals surface area contributed by atoms with E-state index in [1.54, 1.807) is 5.57 Å². The smallest absolute Gasteiger partial charge is 0.126 e. The monoisotopic (exact) mass is 296 g/mol. The van der Waals surface area contributed by atoms with E-state index in [9.17, 15) is 0 Å². The molecule has 0 radical (unpaired) electrons. The van der Waals surface area contributed by atoms with Gasteiger partial charge < -0.3 is 4.74 Å². The molecule has 2 saturated carbocycles. The van der Waals surface area contributed by atoms with E-state index in [0.29, 0.717) is 6.10 Å². The molecule has 3 aliphatic rings. The van der Waals surface area contributed by atoms with Crippen molar-refractivity contribution in [1.29, 1.82) is 0 Å². The summed E-state index contributed by atoms with van der Waals surface area (Å²) in [6.07, 6.45) is 14.2. The topological polar surface area (TPSA) is 9.23 Å². The van der Waals surface area contributed by atoms with Gasteiger partial charge in [-0.3, -0.25) is 0 Å². The number of hydrogen-bond donors (Lipinski definition) is 0. The standard InChI is InChI=1S/C21H28O/c1-2-7-15-20-18(13-6-1)17-12-8-9-14-19(17)21(22-20)16-10-4-3-5-11-16/h3-5,10-11,17-18,20H,1-2,6-9,12-15H2/t17-,18-,20+/m1/s1. The van der Waals surface area contributed by atoms with E-state index in [1.165, 1.54) is 75.5 Å². The average molecular weight is 296 g/mol. The fourth-order valence-electron chi connectivity index (χ4n) is 4.95. The highest BCUT2D eigenvalue weighted by Gasteiger charge is 2.40. The Morgan fingerprint density at radius 1 is 0.773 bits per heavy atom. The predicted octanol–water partition coefficient (Wildman–Crippen LogP) is 5.96. The maximum absolute atomic E-state index is 6.66. The highest BCUT2D eigenvalue weighted by atomic mass is 16.5. The minimum Gasteiger partial charge on any atom is -0.490 e. The highest BCUT2D eigenvalue weighted by molar-refractivity contribution is 5.65. The molecule has 0 spiro atoms. The fourth-order valence-corrected chi connectivity index (χ4v) is 4.95. The van der Waals surface area contributed by atoms with Gasteiger partial charge in [0.15, 0.2) is 0 Å². The Morgan fingerprint density at radius 3 is 2.41 bits per heavy atom. The molecule has 2 aliphatic carbocycles. The summed E-state index contributed by atoms with van der Waals surface area (Å²) in [6.45, 7) is 0. The van der Waals surface area contributed by atoms with Gasteiger partial charge in [-0.25, -0.2) is 0 Å².